The number of allylic oxidation sites excluding steroid dienone is 3. The average Bonchev–Trinajstić information content (AvgIpc) is 2.48. The topological polar surface area (TPSA) is 54.4 Å². The molecule has 0 heterocycles. The lowest BCUT2D eigenvalue weighted by atomic mass is 9.84. The molecule has 0 aliphatic heterocycles. The van der Waals surface area contributed by atoms with Crippen molar-refractivity contribution in [2.45, 2.75) is 6.42 Å². The third-order valence-electron chi connectivity index (χ3n) is 3.52. The maximum atomic E-state index is 12.4. The first-order valence-electron chi connectivity index (χ1n) is 6.29. The Morgan fingerprint density at radius 1 is 1.05 bits per heavy atom. The van der Waals surface area contributed by atoms with Crippen molar-refractivity contribution >= 4 is 22.3 Å². The number of Topliss-reactive ketones (excluding diaryl/α,β-unsaturated/α-hetero) is 2. The van der Waals surface area contributed by atoms with Crippen LogP contribution in [0.15, 0.2) is 60.4 Å². The SMILES string of the molecule is C=CCC1=C(O)C(=O)c2c(ccc3ccccc23)C1=O. The molecule has 2 aromatic carbocycles. The van der Waals surface area contributed by atoms with Crippen LogP contribution in [0, 0.1) is 0 Å². The van der Waals surface area contributed by atoms with Gasteiger partial charge in [0.05, 0.1) is 0 Å². The van der Waals surface area contributed by atoms with E-state index in [1.165, 1.54) is 6.08 Å². The summed E-state index contributed by atoms with van der Waals surface area (Å²) < 4.78 is 0. The summed E-state index contributed by atoms with van der Waals surface area (Å²) in [4.78, 5) is 24.8. The van der Waals surface area contributed by atoms with E-state index in [9.17, 15) is 14.7 Å². The third kappa shape index (κ3) is 1.60. The molecule has 1 aliphatic rings. The fourth-order valence-corrected chi connectivity index (χ4v) is 2.56. The zero-order chi connectivity index (χ0) is 14.3. The van der Waals surface area contributed by atoms with Crippen molar-refractivity contribution in [1.29, 1.82) is 0 Å². The molecule has 0 spiro atoms. The van der Waals surface area contributed by atoms with E-state index >= 15 is 0 Å². The fraction of sp³-hybridized carbons (Fsp3) is 0.0588. The number of aliphatic hydroxyl groups excluding tert-OH is 1. The minimum absolute atomic E-state index is 0.118. The van der Waals surface area contributed by atoms with Gasteiger partial charge in [0.25, 0.3) is 0 Å². The number of benzene rings is 2. The molecular formula is C17H12O3. The molecule has 0 unspecified atom stereocenters. The van der Waals surface area contributed by atoms with Gasteiger partial charge in [0, 0.05) is 16.7 Å². The number of aliphatic hydroxyl groups is 1. The van der Waals surface area contributed by atoms with Crippen LogP contribution in [0.1, 0.15) is 27.1 Å². The molecular weight excluding hydrogens is 252 g/mol. The number of hydrogen-bond acceptors (Lipinski definition) is 3. The molecule has 0 bridgehead atoms. The first-order valence-corrected chi connectivity index (χ1v) is 6.29. The second-order valence-corrected chi connectivity index (χ2v) is 4.69. The lowest BCUT2D eigenvalue weighted by Gasteiger charge is -2.18. The Balaban J connectivity index is 2.34. The Kier molecular flexibility index (Phi) is 2.75. The minimum atomic E-state index is -0.492. The summed E-state index contributed by atoms with van der Waals surface area (Å²) in [6, 6.07) is 10.8. The zero-order valence-corrected chi connectivity index (χ0v) is 10.7. The summed E-state index contributed by atoms with van der Waals surface area (Å²) in [5.41, 5.74) is 0.759. The number of carbonyl (C=O) groups excluding carboxylic acids is 2. The Bertz CT molecular complexity index is 797. The highest BCUT2D eigenvalue weighted by atomic mass is 16.3. The lowest BCUT2D eigenvalue weighted by molar-refractivity contribution is 0.0929. The molecule has 20 heavy (non-hydrogen) atoms. The third-order valence-corrected chi connectivity index (χ3v) is 3.52. The van der Waals surface area contributed by atoms with E-state index in [2.05, 4.69) is 6.58 Å². The predicted octanol–water partition coefficient (Wildman–Crippen LogP) is 3.61. The number of hydrogen-bond donors (Lipinski definition) is 1. The second-order valence-electron chi connectivity index (χ2n) is 4.69. The molecule has 0 atom stereocenters. The highest BCUT2D eigenvalue weighted by Gasteiger charge is 2.32. The largest absolute Gasteiger partial charge is 0.504 e. The monoisotopic (exact) mass is 264 g/mol. The highest BCUT2D eigenvalue weighted by molar-refractivity contribution is 6.30. The van der Waals surface area contributed by atoms with Crippen molar-refractivity contribution in [1.82, 2.24) is 0 Å². The smallest absolute Gasteiger partial charge is 0.229 e. The molecule has 0 fully saturated rings. The van der Waals surface area contributed by atoms with E-state index in [0.29, 0.717) is 16.5 Å². The van der Waals surface area contributed by atoms with Crippen LogP contribution >= 0.6 is 0 Å². The van der Waals surface area contributed by atoms with Gasteiger partial charge in [-0.15, -0.1) is 6.58 Å². The van der Waals surface area contributed by atoms with Gasteiger partial charge in [-0.3, -0.25) is 9.59 Å². The molecule has 1 aliphatic carbocycles. The molecule has 1 N–H and O–H groups in total. The van der Waals surface area contributed by atoms with Crippen molar-refractivity contribution in [3.63, 3.8) is 0 Å². The Morgan fingerprint density at radius 3 is 2.55 bits per heavy atom. The molecule has 3 nitrogen and oxygen atoms in total. The van der Waals surface area contributed by atoms with Gasteiger partial charge in [-0.25, -0.2) is 0 Å². The van der Waals surface area contributed by atoms with Gasteiger partial charge in [-0.05, 0) is 23.3 Å². The molecule has 0 amide bonds. The van der Waals surface area contributed by atoms with Gasteiger partial charge in [-0.1, -0.05) is 36.4 Å². The van der Waals surface area contributed by atoms with Crippen LogP contribution in [-0.4, -0.2) is 16.7 Å². The summed E-state index contributed by atoms with van der Waals surface area (Å²) in [5.74, 6) is -1.25. The maximum absolute atomic E-state index is 12.4. The van der Waals surface area contributed by atoms with Gasteiger partial charge in [0.15, 0.2) is 11.5 Å². The summed E-state index contributed by atoms with van der Waals surface area (Å²) in [5, 5.41) is 11.6. The number of carbonyl (C=O) groups is 2. The summed E-state index contributed by atoms with van der Waals surface area (Å²) in [6.45, 7) is 3.55. The van der Waals surface area contributed by atoms with Crippen LogP contribution in [0.25, 0.3) is 10.8 Å². The van der Waals surface area contributed by atoms with Crippen LogP contribution in [0.2, 0.25) is 0 Å². The molecule has 3 heteroatoms. The van der Waals surface area contributed by atoms with Crippen molar-refractivity contribution in [2.75, 3.05) is 0 Å². The standard InChI is InChI=1S/C17H12O3/c1-2-5-13-15(18)12-9-8-10-6-3-4-7-11(10)14(12)17(20)16(13)19/h2-4,6-9,19H,1,5H2. The van der Waals surface area contributed by atoms with Crippen LogP contribution in [-0.2, 0) is 0 Å². The molecule has 0 saturated carbocycles. The first kappa shape index (κ1) is 12.4. The Hall–Kier alpha value is -2.68. The average molecular weight is 264 g/mol. The van der Waals surface area contributed by atoms with E-state index < -0.39 is 11.5 Å². The number of ketones is 2. The van der Waals surface area contributed by atoms with Crippen LogP contribution < -0.4 is 0 Å². The van der Waals surface area contributed by atoms with E-state index in [4.69, 9.17) is 0 Å². The van der Waals surface area contributed by atoms with E-state index in [-0.39, 0.29) is 17.8 Å². The molecule has 0 saturated heterocycles. The van der Waals surface area contributed by atoms with Gasteiger partial charge < -0.3 is 5.11 Å². The van der Waals surface area contributed by atoms with Crippen molar-refractivity contribution in [2.24, 2.45) is 0 Å². The zero-order valence-electron chi connectivity index (χ0n) is 10.7. The fourth-order valence-electron chi connectivity index (χ4n) is 2.56. The van der Waals surface area contributed by atoms with Crippen molar-refractivity contribution < 1.29 is 14.7 Å². The normalized spacial score (nSPS) is 14.6. The lowest BCUT2D eigenvalue weighted by Crippen LogP contribution is -2.22. The molecule has 2 aromatic rings. The number of fused-ring (bicyclic) bond motifs is 3. The van der Waals surface area contributed by atoms with E-state index in [0.717, 1.165) is 5.39 Å². The highest BCUT2D eigenvalue weighted by Crippen LogP contribution is 2.32. The minimum Gasteiger partial charge on any atom is -0.504 e. The molecule has 0 radical (unpaired) electrons. The summed E-state index contributed by atoms with van der Waals surface area (Å²) in [7, 11) is 0. The molecule has 0 aromatic heterocycles. The first-order chi connectivity index (χ1) is 9.65. The molecule has 98 valence electrons. The van der Waals surface area contributed by atoms with Crippen LogP contribution in [0.5, 0.6) is 0 Å². The Morgan fingerprint density at radius 2 is 1.80 bits per heavy atom. The van der Waals surface area contributed by atoms with E-state index in [1.54, 1.807) is 18.2 Å². The summed E-state index contributed by atoms with van der Waals surface area (Å²) >= 11 is 0. The predicted molar refractivity (Wildman–Crippen MR) is 77.1 cm³/mol. The van der Waals surface area contributed by atoms with Crippen LogP contribution in [0.3, 0.4) is 0 Å². The van der Waals surface area contributed by atoms with Crippen LogP contribution in [0.4, 0.5) is 0 Å². The molecule has 3 rings (SSSR count). The maximum Gasteiger partial charge on any atom is 0.229 e. The van der Waals surface area contributed by atoms with E-state index in [1.807, 2.05) is 18.2 Å². The van der Waals surface area contributed by atoms with Crippen molar-refractivity contribution in [3.8, 4) is 0 Å². The van der Waals surface area contributed by atoms with Gasteiger partial charge >= 0.3 is 0 Å². The number of rotatable bonds is 2. The summed E-state index contributed by atoms with van der Waals surface area (Å²) in [6.07, 6.45) is 1.69. The quantitative estimate of drug-likeness (QED) is 0.843. The Labute approximate surface area is 115 Å². The van der Waals surface area contributed by atoms with Gasteiger partial charge in [0.1, 0.15) is 0 Å². The second kappa shape index (κ2) is 4.46. The van der Waals surface area contributed by atoms with Gasteiger partial charge in [0.2, 0.25) is 5.78 Å². The van der Waals surface area contributed by atoms with Crippen molar-refractivity contribution in [3.05, 3.63) is 71.5 Å². The van der Waals surface area contributed by atoms with Gasteiger partial charge in [-0.2, -0.15) is 0 Å².